The van der Waals surface area contributed by atoms with Crippen molar-refractivity contribution >= 4 is 11.8 Å². The lowest BCUT2D eigenvalue weighted by atomic mass is 10.1. The Balaban J connectivity index is 2.02. The van der Waals surface area contributed by atoms with E-state index in [2.05, 4.69) is 10.3 Å². The average molecular weight is 234 g/mol. The van der Waals surface area contributed by atoms with Gasteiger partial charge in [0.1, 0.15) is 5.82 Å². The van der Waals surface area contributed by atoms with Gasteiger partial charge in [0.15, 0.2) is 5.69 Å². The van der Waals surface area contributed by atoms with E-state index >= 15 is 0 Å². The van der Waals surface area contributed by atoms with Crippen LogP contribution in [0.2, 0.25) is 0 Å². The largest absolute Gasteiger partial charge is 0.477 e. The molecule has 0 fully saturated rings. The Morgan fingerprint density at radius 2 is 2.29 bits per heavy atom. The van der Waals surface area contributed by atoms with Crippen LogP contribution in [0.5, 0.6) is 0 Å². The van der Waals surface area contributed by atoms with Crippen molar-refractivity contribution in [2.45, 2.75) is 12.5 Å². The summed E-state index contributed by atoms with van der Waals surface area (Å²) in [5.41, 5.74) is 0.0238. The molecule has 1 aromatic rings. The minimum absolute atomic E-state index is 0.0238. The van der Waals surface area contributed by atoms with Crippen LogP contribution in [0.15, 0.2) is 30.4 Å². The summed E-state index contributed by atoms with van der Waals surface area (Å²) in [6.07, 6.45) is 4.73. The normalized spacial score (nSPS) is 22.6. The smallest absolute Gasteiger partial charge is 0.354 e. The predicted octanol–water partition coefficient (Wildman–Crippen LogP) is 1.13. The first-order chi connectivity index (χ1) is 8.19. The van der Waals surface area contributed by atoms with Crippen molar-refractivity contribution in [1.29, 1.82) is 0 Å². The molecule has 0 aliphatic heterocycles. The van der Waals surface area contributed by atoms with Crippen molar-refractivity contribution in [3.05, 3.63) is 36.0 Å². The van der Waals surface area contributed by atoms with E-state index in [1.807, 2.05) is 12.2 Å². The fourth-order valence-electron chi connectivity index (χ4n) is 1.84. The molecule has 1 aromatic heterocycles. The summed E-state index contributed by atoms with van der Waals surface area (Å²) in [4.78, 5) is 14.7. The van der Waals surface area contributed by atoms with Gasteiger partial charge in [0.2, 0.25) is 0 Å². The standard InChI is InChI=1S/C12H14N2O3/c15-7-8-4-5-9(6-8)13-11-3-1-2-10(14-11)12(16)17/h1-5,8-9,15H,6-7H2,(H,13,14)(H,16,17)/t8-,9+/m0/s1. The Kier molecular flexibility index (Phi) is 3.39. The summed E-state index contributed by atoms with van der Waals surface area (Å²) in [5, 5.41) is 20.9. The number of carbonyl (C=O) groups is 1. The molecule has 0 saturated carbocycles. The number of aliphatic hydroxyl groups excluding tert-OH is 1. The van der Waals surface area contributed by atoms with Gasteiger partial charge in [-0.15, -0.1) is 0 Å². The van der Waals surface area contributed by atoms with Gasteiger partial charge in [-0.1, -0.05) is 18.2 Å². The molecule has 1 heterocycles. The molecule has 5 nitrogen and oxygen atoms in total. The molecule has 2 rings (SSSR count). The molecule has 0 saturated heterocycles. The second-order valence-electron chi connectivity index (χ2n) is 4.03. The SMILES string of the molecule is O=C(O)c1cccc(N[C@@H]2C=C[C@H](CO)C2)n1. The van der Waals surface area contributed by atoms with E-state index in [4.69, 9.17) is 10.2 Å². The van der Waals surface area contributed by atoms with E-state index in [-0.39, 0.29) is 24.3 Å². The summed E-state index contributed by atoms with van der Waals surface area (Å²) in [6.45, 7) is 0.136. The molecule has 0 spiro atoms. The number of pyridine rings is 1. The maximum absolute atomic E-state index is 10.8. The Bertz CT molecular complexity index is 445. The number of anilines is 1. The summed E-state index contributed by atoms with van der Waals surface area (Å²) in [6, 6.07) is 4.94. The molecular formula is C12H14N2O3. The van der Waals surface area contributed by atoms with Crippen LogP contribution >= 0.6 is 0 Å². The number of carboxylic acid groups (broad SMARTS) is 1. The number of rotatable bonds is 4. The van der Waals surface area contributed by atoms with Gasteiger partial charge in [0.25, 0.3) is 0 Å². The van der Waals surface area contributed by atoms with Gasteiger partial charge in [0.05, 0.1) is 0 Å². The molecule has 0 amide bonds. The first kappa shape index (κ1) is 11.6. The van der Waals surface area contributed by atoms with Gasteiger partial charge < -0.3 is 15.5 Å². The fraction of sp³-hybridized carbons (Fsp3) is 0.333. The molecular weight excluding hydrogens is 220 g/mol. The molecule has 0 aromatic carbocycles. The highest BCUT2D eigenvalue weighted by molar-refractivity contribution is 5.85. The van der Waals surface area contributed by atoms with E-state index in [9.17, 15) is 4.79 Å². The Morgan fingerprint density at radius 3 is 2.94 bits per heavy atom. The topological polar surface area (TPSA) is 82.5 Å². The Hall–Kier alpha value is -1.88. The van der Waals surface area contributed by atoms with Crippen molar-refractivity contribution < 1.29 is 15.0 Å². The predicted molar refractivity (Wildman–Crippen MR) is 62.9 cm³/mol. The van der Waals surface area contributed by atoms with Crippen molar-refractivity contribution in [1.82, 2.24) is 4.98 Å². The van der Waals surface area contributed by atoms with E-state index in [0.29, 0.717) is 5.82 Å². The van der Waals surface area contributed by atoms with Crippen LogP contribution in [0, 0.1) is 5.92 Å². The van der Waals surface area contributed by atoms with Crippen LogP contribution in [0.1, 0.15) is 16.9 Å². The number of aromatic carboxylic acids is 1. The maximum Gasteiger partial charge on any atom is 0.354 e. The molecule has 0 bridgehead atoms. The zero-order chi connectivity index (χ0) is 12.3. The number of nitrogens with zero attached hydrogens (tertiary/aromatic N) is 1. The average Bonchev–Trinajstić information content (AvgIpc) is 2.77. The van der Waals surface area contributed by atoms with Crippen molar-refractivity contribution in [2.24, 2.45) is 5.92 Å². The van der Waals surface area contributed by atoms with Gasteiger partial charge in [-0.05, 0) is 18.6 Å². The molecule has 0 radical (unpaired) electrons. The summed E-state index contributed by atoms with van der Waals surface area (Å²) < 4.78 is 0. The summed E-state index contributed by atoms with van der Waals surface area (Å²) in [7, 11) is 0. The third kappa shape index (κ3) is 2.82. The summed E-state index contributed by atoms with van der Waals surface area (Å²) >= 11 is 0. The lowest BCUT2D eigenvalue weighted by Gasteiger charge is -2.13. The van der Waals surface area contributed by atoms with Crippen molar-refractivity contribution in [2.75, 3.05) is 11.9 Å². The maximum atomic E-state index is 10.8. The van der Waals surface area contributed by atoms with Crippen LogP contribution < -0.4 is 5.32 Å². The van der Waals surface area contributed by atoms with Gasteiger partial charge >= 0.3 is 5.97 Å². The zero-order valence-corrected chi connectivity index (χ0v) is 9.21. The number of aliphatic hydroxyl groups is 1. The number of carboxylic acids is 1. The molecule has 2 atom stereocenters. The van der Waals surface area contributed by atoms with Gasteiger partial charge in [-0.2, -0.15) is 0 Å². The first-order valence-electron chi connectivity index (χ1n) is 5.45. The highest BCUT2D eigenvalue weighted by Gasteiger charge is 2.18. The van der Waals surface area contributed by atoms with Crippen LogP contribution in [-0.2, 0) is 0 Å². The Labute approximate surface area is 98.8 Å². The summed E-state index contributed by atoms with van der Waals surface area (Å²) in [5.74, 6) is -0.322. The zero-order valence-electron chi connectivity index (χ0n) is 9.21. The molecule has 90 valence electrons. The van der Waals surface area contributed by atoms with E-state index in [1.165, 1.54) is 6.07 Å². The van der Waals surface area contributed by atoms with E-state index < -0.39 is 5.97 Å². The molecule has 1 aliphatic rings. The van der Waals surface area contributed by atoms with Gasteiger partial charge in [-0.3, -0.25) is 0 Å². The van der Waals surface area contributed by atoms with Crippen molar-refractivity contribution in [3.63, 3.8) is 0 Å². The van der Waals surface area contributed by atoms with Crippen molar-refractivity contribution in [3.8, 4) is 0 Å². The fourth-order valence-corrected chi connectivity index (χ4v) is 1.84. The minimum Gasteiger partial charge on any atom is -0.477 e. The quantitative estimate of drug-likeness (QED) is 0.680. The highest BCUT2D eigenvalue weighted by Crippen LogP contribution is 2.20. The lowest BCUT2D eigenvalue weighted by molar-refractivity contribution is 0.0690. The number of hydrogen-bond donors (Lipinski definition) is 3. The minimum atomic E-state index is -1.04. The third-order valence-corrected chi connectivity index (χ3v) is 2.71. The van der Waals surface area contributed by atoms with Gasteiger partial charge in [-0.25, -0.2) is 9.78 Å². The monoisotopic (exact) mass is 234 g/mol. The number of nitrogens with one attached hydrogen (secondary N) is 1. The number of aromatic nitrogens is 1. The van der Waals surface area contributed by atoms with Crippen LogP contribution in [0.4, 0.5) is 5.82 Å². The molecule has 3 N–H and O–H groups in total. The van der Waals surface area contributed by atoms with Crippen LogP contribution in [-0.4, -0.2) is 33.8 Å². The van der Waals surface area contributed by atoms with E-state index in [1.54, 1.807) is 12.1 Å². The van der Waals surface area contributed by atoms with Crippen LogP contribution in [0.25, 0.3) is 0 Å². The first-order valence-corrected chi connectivity index (χ1v) is 5.45. The molecule has 17 heavy (non-hydrogen) atoms. The molecule has 5 heteroatoms. The van der Waals surface area contributed by atoms with E-state index in [0.717, 1.165) is 6.42 Å². The second kappa shape index (κ2) is 4.97. The third-order valence-electron chi connectivity index (χ3n) is 2.71. The second-order valence-corrected chi connectivity index (χ2v) is 4.03. The van der Waals surface area contributed by atoms with Gasteiger partial charge in [0, 0.05) is 18.6 Å². The highest BCUT2D eigenvalue weighted by atomic mass is 16.4. The molecule has 1 aliphatic carbocycles. The Morgan fingerprint density at radius 1 is 1.47 bits per heavy atom. The van der Waals surface area contributed by atoms with Crippen LogP contribution in [0.3, 0.4) is 0 Å². The number of hydrogen-bond acceptors (Lipinski definition) is 4. The molecule has 0 unspecified atom stereocenters. The lowest BCUT2D eigenvalue weighted by Crippen LogP contribution is -2.18.